The summed E-state index contributed by atoms with van der Waals surface area (Å²) in [5, 5.41) is 4.46. The Balaban J connectivity index is 2.16. The number of rotatable bonds is 3. The maximum atomic E-state index is 11.9. The average Bonchev–Trinajstić information content (AvgIpc) is 2.81. The maximum absolute atomic E-state index is 11.9. The van der Waals surface area contributed by atoms with E-state index in [9.17, 15) is 4.79 Å². The van der Waals surface area contributed by atoms with E-state index >= 15 is 0 Å². The SMILES string of the molecule is COc1csc(C(=O)Nc2ncc(N)cc2Br)c1. The van der Waals surface area contributed by atoms with Gasteiger partial charge >= 0.3 is 0 Å². The molecule has 2 rings (SSSR count). The molecule has 0 aromatic carbocycles. The Bertz CT molecular complexity index is 585. The summed E-state index contributed by atoms with van der Waals surface area (Å²) >= 11 is 4.59. The van der Waals surface area contributed by atoms with Crippen molar-refractivity contribution in [2.75, 3.05) is 18.2 Å². The van der Waals surface area contributed by atoms with Gasteiger partial charge in [0.25, 0.3) is 5.91 Å². The number of hydrogen-bond donors (Lipinski definition) is 2. The Hall–Kier alpha value is -1.60. The first-order valence-electron chi connectivity index (χ1n) is 4.95. The van der Waals surface area contributed by atoms with Crippen molar-refractivity contribution in [3.8, 4) is 5.75 Å². The molecule has 0 bridgehead atoms. The topological polar surface area (TPSA) is 77.2 Å². The van der Waals surface area contributed by atoms with Crippen molar-refractivity contribution in [1.29, 1.82) is 0 Å². The second-order valence-electron chi connectivity index (χ2n) is 3.40. The van der Waals surface area contributed by atoms with E-state index in [2.05, 4.69) is 26.2 Å². The number of amides is 1. The molecule has 7 heteroatoms. The van der Waals surface area contributed by atoms with Crippen LogP contribution in [0.5, 0.6) is 5.75 Å². The van der Waals surface area contributed by atoms with Crippen LogP contribution in [0.3, 0.4) is 0 Å². The number of pyridine rings is 1. The van der Waals surface area contributed by atoms with Gasteiger partial charge in [-0.2, -0.15) is 0 Å². The lowest BCUT2D eigenvalue weighted by atomic mass is 10.4. The van der Waals surface area contributed by atoms with Crippen LogP contribution in [0.2, 0.25) is 0 Å². The lowest BCUT2D eigenvalue weighted by Gasteiger charge is -2.05. The number of carbonyl (C=O) groups excluding carboxylic acids is 1. The molecule has 18 heavy (non-hydrogen) atoms. The van der Waals surface area contributed by atoms with Crippen molar-refractivity contribution in [3.63, 3.8) is 0 Å². The predicted molar refractivity (Wildman–Crippen MR) is 75.2 cm³/mol. The summed E-state index contributed by atoms with van der Waals surface area (Å²) in [6, 6.07) is 3.35. The van der Waals surface area contributed by atoms with E-state index in [4.69, 9.17) is 10.5 Å². The van der Waals surface area contributed by atoms with Crippen LogP contribution in [-0.4, -0.2) is 18.0 Å². The van der Waals surface area contributed by atoms with E-state index in [1.165, 1.54) is 17.5 Å². The highest BCUT2D eigenvalue weighted by molar-refractivity contribution is 9.10. The molecule has 0 aliphatic rings. The maximum Gasteiger partial charge on any atom is 0.267 e. The molecule has 0 saturated heterocycles. The predicted octanol–water partition coefficient (Wildman–Crippen LogP) is 2.75. The summed E-state index contributed by atoms with van der Waals surface area (Å²) in [6.07, 6.45) is 1.48. The van der Waals surface area contributed by atoms with E-state index < -0.39 is 0 Å². The molecule has 0 aliphatic carbocycles. The number of hydrogen-bond acceptors (Lipinski definition) is 5. The molecule has 0 aliphatic heterocycles. The first-order valence-corrected chi connectivity index (χ1v) is 6.62. The number of nitrogens with one attached hydrogen (secondary N) is 1. The zero-order chi connectivity index (χ0) is 13.1. The Kier molecular flexibility index (Phi) is 3.83. The molecule has 5 nitrogen and oxygen atoms in total. The van der Waals surface area contributed by atoms with Crippen LogP contribution in [0.1, 0.15) is 9.67 Å². The van der Waals surface area contributed by atoms with Crippen LogP contribution >= 0.6 is 27.3 Å². The summed E-state index contributed by atoms with van der Waals surface area (Å²) in [5.74, 6) is 0.859. The molecule has 1 amide bonds. The van der Waals surface area contributed by atoms with Gasteiger partial charge in [-0.25, -0.2) is 4.98 Å². The standard InChI is InChI=1S/C11H10BrN3O2S/c1-17-7-3-9(18-5-7)11(16)15-10-8(12)2-6(13)4-14-10/h2-5H,13H2,1H3,(H,14,15,16). The fourth-order valence-corrected chi connectivity index (χ4v) is 2.47. The van der Waals surface area contributed by atoms with Crippen LogP contribution < -0.4 is 15.8 Å². The Labute approximate surface area is 116 Å². The highest BCUT2D eigenvalue weighted by atomic mass is 79.9. The summed E-state index contributed by atoms with van der Waals surface area (Å²) in [6.45, 7) is 0. The number of halogens is 1. The van der Waals surface area contributed by atoms with E-state index in [1.807, 2.05) is 0 Å². The third kappa shape index (κ3) is 2.80. The van der Waals surface area contributed by atoms with E-state index in [0.29, 0.717) is 26.6 Å². The van der Waals surface area contributed by atoms with Crippen LogP contribution in [0.4, 0.5) is 11.5 Å². The van der Waals surface area contributed by atoms with Crippen LogP contribution in [-0.2, 0) is 0 Å². The lowest BCUT2D eigenvalue weighted by molar-refractivity contribution is 0.103. The molecule has 0 fully saturated rings. The van der Waals surface area contributed by atoms with Crippen LogP contribution in [0.15, 0.2) is 28.2 Å². The second-order valence-corrected chi connectivity index (χ2v) is 5.17. The molecule has 0 radical (unpaired) electrons. The molecule has 0 spiro atoms. The number of thiophene rings is 1. The number of nitrogen functional groups attached to an aromatic ring is 1. The summed E-state index contributed by atoms with van der Waals surface area (Å²) in [5.41, 5.74) is 6.10. The van der Waals surface area contributed by atoms with Gasteiger partial charge in [0.05, 0.1) is 28.3 Å². The van der Waals surface area contributed by atoms with Crippen LogP contribution in [0, 0.1) is 0 Å². The summed E-state index contributed by atoms with van der Waals surface area (Å²) in [7, 11) is 1.56. The fraction of sp³-hybridized carbons (Fsp3) is 0.0909. The zero-order valence-corrected chi connectivity index (χ0v) is 11.8. The van der Waals surface area contributed by atoms with Crippen LogP contribution in [0.25, 0.3) is 0 Å². The normalized spacial score (nSPS) is 10.1. The Morgan fingerprint density at radius 3 is 2.94 bits per heavy atom. The van der Waals surface area contributed by atoms with Crippen molar-refractivity contribution in [2.45, 2.75) is 0 Å². The smallest absolute Gasteiger partial charge is 0.267 e. The van der Waals surface area contributed by atoms with Gasteiger partial charge in [0.15, 0.2) is 0 Å². The monoisotopic (exact) mass is 327 g/mol. The number of anilines is 2. The van der Waals surface area contributed by atoms with Gasteiger partial charge in [0, 0.05) is 11.4 Å². The highest BCUT2D eigenvalue weighted by Gasteiger charge is 2.12. The third-order valence-corrected chi connectivity index (χ3v) is 3.64. The molecule has 0 unspecified atom stereocenters. The number of nitrogens with two attached hydrogens (primary N) is 1. The first-order chi connectivity index (χ1) is 8.60. The van der Waals surface area contributed by atoms with Crippen molar-refractivity contribution in [1.82, 2.24) is 4.98 Å². The minimum atomic E-state index is -0.235. The van der Waals surface area contributed by atoms with Crippen molar-refractivity contribution >= 4 is 44.7 Å². The molecule has 2 aromatic heterocycles. The number of nitrogens with zero attached hydrogens (tertiary/aromatic N) is 1. The largest absolute Gasteiger partial charge is 0.496 e. The molecule has 0 atom stereocenters. The molecule has 94 valence electrons. The van der Waals surface area contributed by atoms with Gasteiger partial charge in [0.1, 0.15) is 11.6 Å². The molecule has 2 aromatic rings. The minimum absolute atomic E-state index is 0.235. The summed E-state index contributed by atoms with van der Waals surface area (Å²) < 4.78 is 5.66. The van der Waals surface area contributed by atoms with Gasteiger partial charge in [-0.05, 0) is 22.0 Å². The first kappa shape index (κ1) is 12.8. The average molecular weight is 328 g/mol. The molecule has 2 heterocycles. The van der Waals surface area contributed by atoms with Crippen molar-refractivity contribution in [2.24, 2.45) is 0 Å². The third-order valence-electron chi connectivity index (χ3n) is 2.13. The van der Waals surface area contributed by atoms with Crippen molar-refractivity contribution < 1.29 is 9.53 Å². The molecule has 3 N–H and O–H groups in total. The number of aromatic nitrogens is 1. The Morgan fingerprint density at radius 2 is 2.33 bits per heavy atom. The van der Waals surface area contributed by atoms with Gasteiger partial charge in [-0.1, -0.05) is 0 Å². The van der Waals surface area contributed by atoms with E-state index in [1.54, 1.807) is 24.6 Å². The highest BCUT2D eigenvalue weighted by Crippen LogP contribution is 2.25. The summed E-state index contributed by atoms with van der Waals surface area (Å²) in [4.78, 5) is 16.5. The van der Waals surface area contributed by atoms with Gasteiger partial charge in [-0.15, -0.1) is 11.3 Å². The molecule has 0 saturated carbocycles. The fourth-order valence-electron chi connectivity index (χ4n) is 1.26. The van der Waals surface area contributed by atoms with Crippen molar-refractivity contribution in [3.05, 3.63) is 33.1 Å². The second kappa shape index (κ2) is 5.36. The number of carbonyl (C=O) groups is 1. The van der Waals surface area contributed by atoms with Gasteiger partial charge < -0.3 is 15.8 Å². The van der Waals surface area contributed by atoms with Gasteiger partial charge in [0.2, 0.25) is 0 Å². The Morgan fingerprint density at radius 1 is 1.56 bits per heavy atom. The lowest BCUT2D eigenvalue weighted by Crippen LogP contribution is -2.12. The minimum Gasteiger partial charge on any atom is -0.496 e. The zero-order valence-electron chi connectivity index (χ0n) is 9.44. The molecular weight excluding hydrogens is 318 g/mol. The van der Waals surface area contributed by atoms with E-state index in [-0.39, 0.29) is 5.91 Å². The quantitative estimate of drug-likeness (QED) is 0.908. The number of ether oxygens (including phenoxy) is 1. The molecular formula is C11H10BrN3O2S. The number of methoxy groups -OCH3 is 1. The van der Waals surface area contributed by atoms with E-state index in [0.717, 1.165) is 0 Å². The van der Waals surface area contributed by atoms with Gasteiger partial charge in [-0.3, -0.25) is 4.79 Å².